The van der Waals surface area contributed by atoms with Gasteiger partial charge < -0.3 is 14.7 Å². The van der Waals surface area contributed by atoms with Crippen molar-refractivity contribution in [2.24, 2.45) is 0 Å². The molecule has 2 aromatic rings. The van der Waals surface area contributed by atoms with Crippen molar-refractivity contribution in [3.8, 4) is 0 Å². The van der Waals surface area contributed by atoms with Crippen molar-refractivity contribution >= 4 is 6.03 Å². The Bertz CT molecular complexity index is 666. The van der Waals surface area contributed by atoms with Crippen molar-refractivity contribution in [3.05, 3.63) is 53.4 Å². The Labute approximate surface area is 143 Å². The van der Waals surface area contributed by atoms with E-state index in [9.17, 15) is 4.79 Å². The molecule has 1 atom stereocenters. The standard InChI is InChI=1S/C19H25N3O2/c1-14(2)18-13-16(21-24-18)17-9-6-12-22(17)19(23)20-11-10-15-7-4-3-5-8-15/h3-5,7-8,13-14,17H,6,9-12H2,1-2H3,(H,20,23)/t17-/m1/s1. The zero-order valence-corrected chi connectivity index (χ0v) is 14.4. The first-order valence-corrected chi connectivity index (χ1v) is 8.70. The maximum atomic E-state index is 12.5. The van der Waals surface area contributed by atoms with Gasteiger partial charge in [0.1, 0.15) is 11.5 Å². The minimum Gasteiger partial charge on any atom is -0.361 e. The minimum absolute atomic E-state index is 0.0115. The highest BCUT2D eigenvalue weighted by Crippen LogP contribution is 2.32. The van der Waals surface area contributed by atoms with Crippen LogP contribution in [-0.4, -0.2) is 29.2 Å². The Morgan fingerprint density at radius 3 is 2.88 bits per heavy atom. The van der Waals surface area contributed by atoms with Gasteiger partial charge in [-0.3, -0.25) is 0 Å². The molecule has 0 saturated carbocycles. The van der Waals surface area contributed by atoms with Crippen molar-refractivity contribution in [2.75, 3.05) is 13.1 Å². The fraction of sp³-hybridized carbons (Fsp3) is 0.474. The molecule has 1 fully saturated rings. The molecule has 1 N–H and O–H groups in total. The molecule has 24 heavy (non-hydrogen) atoms. The molecule has 0 radical (unpaired) electrons. The van der Waals surface area contributed by atoms with E-state index in [1.54, 1.807) is 0 Å². The van der Waals surface area contributed by atoms with Crippen LogP contribution in [-0.2, 0) is 6.42 Å². The number of likely N-dealkylation sites (tertiary alicyclic amines) is 1. The van der Waals surface area contributed by atoms with E-state index in [0.717, 1.165) is 37.3 Å². The predicted molar refractivity (Wildman–Crippen MR) is 92.8 cm³/mol. The number of aromatic nitrogens is 1. The van der Waals surface area contributed by atoms with Crippen LogP contribution in [0.1, 0.15) is 55.7 Å². The van der Waals surface area contributed by atoms with E-state index in [4.69, 9.17) is 4.52 Å². The van der Waals surface area contributed by atoms with Gasteiger partial charge in [-0.05, 0) is 24.8 Å². The van der Waals surface area contributed by atoms with Gasteiger partial charge in [0, 0.05) is 25.1 Å². The summed E-state index contributed by atoms with van der Waals surface area (Å²) in [7, 11) is 0. The Balaban J connectivity index is 1.57. The topological polar surface area (TPSA) is 58.4 Å². The van der Waals surface area contributed by atoms with E-state index in [-0.39, 0.29) is 12.1 Å². The third-order valence-corrected chi connectivity index (χ3v) is 4.50. The summed E-state index contributed by atoms with van der Waals surface area (Å²) in [4.78, 5) is 14.4. The second-order valence-corrected chi connectivity index (χ2v) is 6.63. The summed E-state index contributed by atoms with van der Waals surface area (Å²) in [5.41, 5.74) is 2.10. The monoisotopic (exact) mass is 327 g/mol. The van der Waals surface area contributed by atoms with Crippen LogP contribution in [0.3, 0.4) is 0 Å². The molecule has 2 amide bonds. The van der Waals surface area contributed by atoms with Crippen LogP contribution in [0, 0.1) is 0 Å². The molecule has 0 unspecified atom stereocenters. The van der Waals surface area contributed by atoms with E-state index in [0.29, 0.717) is 12.5 Å². The first kappa shape index (κ1) is 16.6. The van der Waals surface area contributed by atoms with Crippen LogP contribution < -0.4 is 5.32 Å². The van der Waals surface area contributed by atoms with Crippen molar-refractivity contribution in [1.82, 2.24) is 15.4 Å². The van der Waals surface area contributed by atoms with Gasteiger partial charge in [-0.15, -0.1) is 0 Å². The van der Waals surface area contributed by atoms with Gasteiger partial charge in [0.05, 0.1) is 6.04 Å². The molecule has 5 heteroatoms. The quantitative estimate of drug-likeness (QED) is 0.906. The summed E-state index contributed by atoms with van der Waals surface area (Å²) in [6, 6.07) is 12.2. The summed E-state index contributed by atoms with van der Waals surface area (Å²) in [5.74, 6) is 1.18. The highest BCUT2D eigenvalue weighted by molar-refractivity contribution is 5.75. The smallest absolute Gasteiger partial charge is 0.317 e. The fourth-order valence-corrected chi connectivity index (χ4v) is 3.11. The number of amides is 2. The molecular weight excluding hydrogens is 302 g/mol. The van der Waals surface area contributed by atoms with E-state index in [1.165, 1.54) is 5.56 Å². The maximum absolute atomic E-state index is 12.5. The lowest BCUT2D eigenvalue weighted by atomic mass is 10.1. The summed E-state index contributed by atoms with van der Waals surface area (Å²) >= 11 is 0. The number of rotatable bonds is 5. The van der Waals surface area contributed by atoms with Crippen molar-refractivity contribution in [3.63, 3.8) is 0 Å². The molecule has 1 aliphatic heterocycles. The van der Waals surface area contributed by atoms with E-state index in [2.05, 4.69) is 36.5 Å². The molecule has 5 nitrogen and oxygen atoms in total. The Hall–Kier alpha value is -2.30. The highest BCUT2D eigenvalue weighted by Gasteiger charge is 2.32. The summed E-state index contributed by atoms with van der Waals surface area (Å²) in [6.45, 7) is 5.56. The summed E-state index contributed by atoms with van der Waals surface area (Å²) < 4.78 is 5.40. The van der Waals surface area contributed by atoms with Crippen LogP contribution in [0.2, 0.25) is 0 Å². The fourth-order valence-electron chi connectivity index (χ4n) is 3.11. The van der Waals surface area contributed by atoms with Gasteiger partial charge in [-0.2, -0.15) is 0 Å². The SMILES string of the molecule is CC(C)c1cc([C@H]2CCCN2C(=O)NCCc2ccccc2)no1. The molecule has 0 aliphatic carbocycles. The van der Waals surface area contributed by atoms with Crippen LogP contribution in [0.25, 0.3) is 0 Å². The number of hydrogen-bond donors (Lipinski definition) is 1. The van der Waals surface area contributed by atoms with Crippen molar-refractivity contribution in [1.29, 1.82) is 0 Å². The lowest BCUT2D eigenvalue weighted by molar-refractivity contribution is 0.191. The summed E-state index contributed by atoms with van der Waals surface area (Å²) in [6.07, 6.45) is 2.78. The molecule has 2 heterocycles. The lowest BCUT2D eigenvalue weighted by Gasteiger charge is -2.23. The largest absolute Gasteiger partial charge is 0.361 e. The molecule has 3 rings (SSSR count). The Kier molecular flexibility index (Phi) is 5.18. The second-order valence-electron chi connectivity index (χ2n) is 6.63. The number of hydrogen-bond acceptors (Lipinski definition) is 3. The van der Waals surface area contributed by atoms with Gasteiger partial charge in [-0.25, -0.2) is 4.79 Å². The molecule has 0 bridgehead atoms. The minimum atomic E-state index is -0.0115. The summed E-state index contributed by atoms with van der Waals surface area (Å²) in [5, 5.41) is 7.21. The average Bonchev–Trinajstić information content (AvgIpc) is 3.24. The third kappa shape index (κ3) is 3.78. The number of nitrogens with zero attached hydrogens (tertiary/aromatic N) is 2. The number of nitrogens with one attached hydrogen (secondary N) is 1. The van der Waals surface area contributed by atoms with Crippen molar-refractivity contribution < 1.29 is 9.32 Å². The van der Waals surface area contributed by atoms with Crippen LogP contribution in [0.15, 0.2) is 40.9 Å². The first-order valence-electron chi connectivity index (χ1n) is 8.70. The van der Waals surface area contributed by atoms with E-state index < -0.39 is 0 Å². The van der Waals surface area contributed by atoms with Crippen LogP contribution in [0.4, 0.5) is 4.79 Å². The first-order chi connectivity index (χ1) is 11.6. The number of benzene rings is 1. The number of carbonyl (C=O) groups excluding carboxylic acids is 1. The normalized spacial score (nSPS) is 17.5. The second kappa shape index (κ2) is 7.51. The molecule has 1 aliphatic rings. The molecular formula is C19H25N3O2. The molecule has 1 aromatic heterocycles. The number of urea groups is 1. The Morgan fingerprint density at radius 1 is 1.38 bits per heavy atom. The van der Waals surface area contributed by atoms with Crippen LogP contribution in [0.5, 0.6) is 0 Å². The average molecular weight is 327 g/mol. The zero-order chi connectivity index (χ0) is 16.9. The van der Waals surface area contributed by atoms with Gasteiger partial charge in [0.25, 0.3) is 0 Å². The molecule has 1 saturated heterocycles. The van der Waals surface area contributed by atoms with Gasteiger partial charge in [0.15, 0.2) is 0 Å². The predicted octanol–water partition coefficient (Wildman–Crippen LogP) is 3.89. The van der Waals surface area contributed by atoms with E-state index in [1.807, 2.05) is 29.2 Å². The van der Waals surface area contributed by atoms with Crippen molar-refractivity contribution in [2.45, 2.75) is 45.1 Å². The van der Waals surface area contributed by atoms with Crippen LogP contribution >= 0.6 is 0 Å². The maximum Gasteiger partial charge on any atom is 0.317 e. The van der Waals surface area contributed by atoms with Gasteiger partial charge in [0.2, 0.25) is 0 Å². The molecule has 1 aromatic carbocycles. The third-order valence-electron chi connectivity index (χ3n) is 4.50. The lowest BCUT2D eigenvalue weighted by Crippen LogP contribution is -2.40. The van der Waals surface area contributed by atoms with Gasteiger partial charge >= 0.3 is 6.03 Å². The molecule has 128 valence electrons. The Morgan fingerprint density at radius 2 is 2.17 bits per heavy atom. The molecule has 0 spiro atoms. The van der Waals surface area contributed by atoms with Gasteiger partial charge in [-0.1, -0.05) is 49.3 Å². The van der Waals surface area contributed by atoms with E-state index >= 15 is 0 Å². The zero-order valence-electron chi connectivity index (χ0n) is 14.4. The highest BCUT2D eigenvalue weighted by atomic mass is 16.5. The number of carbonyl (C=O) groups is 1.